The second kappa shape index (κ2) is 11.8. The van der Waals surface area contributed by atoms with Crippen LogP contribution in [0.2, 0.25) is 96.1 Å². The van der Waals surface area contributed by atoms with Gasteiger partial charge in [-0.1, -0.05) is 0 Å². The standard InChI is InChI=1S/C32H56Ge2Si4/c1-35(2,3)31(36(4,5)6)25-26-32(37(7,8)9,38(10,11)12)34(30-23-17-14-18-24-30)28-20-19-27-33(31)29-21-15-13-16-22-29/h13-24H,25-28H2,1-12H3/b20-19-. The molecule has 0 nitrogen and oxygen atoms in total. The SMILES string of the molecule is C[Si](C)(C)[C]1([Si](C)(C)C)CC[C]([Si](C)(C)C)([Si](C)(C)C)[Ge]([c]2ccccc2)[CH2]/C=C\[CH2][Ge]1[c]1ccccc1. The number of allylic oxidation sites excluding steroid dienone is 2. The zero-order valence-electron chi connectivity index (χ0n) is 26.8. The van der Waals surface area contributed by atoms with Crippen molar-refractivity contribution in [3.05, 3.63) is 72.8 Å². The van der Waals surface area contributed by atoms with Crippen molar-refractivity contribution in [2.45, 2.75) is 109 Å². The van der Waals surface area contributed by atoms with E-state index in [4.69, 9.17) is 0 Å². The van der Waals surface area contributed by atoms with E-state index in [2.05, 4.69) is 151 Å². The van der Waals surface area contributed by atoms with E-state index in [0.717, 1.165) is 0 Å². The average Bonchev–Trinajstić information content (AvgIpc) is 2.79. The third kappa shape index (κ3) is 6.01. The summed E-state index contributed by atoms with van der Waals surface area (Å²) >= 11 is -3.33. The summed E-state index contributed by atoms with van der Waals surface area (Å²) in [6, 6.07) is 24.0. The zero-order valence-corrected chi connectivity index (χ0v) is 35.0. The van der Waals surface area contributed by atoms with Crippen molar-refractivity contribution in [2.24, 2.45) is 0 Å². The monoisotopic (exact) mass is 700 g/mol. The molecule has 0 saturated heterocycles. The van der Waals surface area contributed by atoms with E-state index in [1.54, 1.807) is 8.79 Å². The minimum atomic E-state index is -1.67. The van der Waals surface area contributed by atoms with Crippen molar-refractivity contribution in [1.29, 1.82) is 0 Å². The predicted molar refractivity (Wildman–Crippen MR) is 190 cm³/mol. The maximum atomic E-state index is 2.77. The summed E-state index contributed by atoms with van der Waals surface area (Å²) in [5.41, 5.74) is 0. The minimum absolute atomic E-state index is 0.619. The molecule has 2 aromatic carbocycles. The van der Waals surface area contributed by atoms with Gasteiger partial charge in [0.2, 0.25) is 0 Å². The topological polar surface area (TPSA) is 0 Å². The van der Waals surface area contributed by atoms with Crippen LogP contribution in [0.25, 0.3) is 0 Å². The summed E-state index contributed by atoms with van der Waals surface area (Å²) in [6.45, 7) is 33.3. The number of rotatable bonds is 6. The van der Waals surface area contributed by atoms with Crippen LogP contribution in [0.1, 0.15) is 12.8 Å². The van der Waals surface area contributed by atoms with E-state index in [9.17, 15) is 0 Å². The van der Waals surface area contributed by atoms with Crippen LogP contribution in [0.15, 0.2) is 72.8 Å². The van der Waals surface area contributed by atoms with E-state index >= 15 is 0 Å². The van der Waals surface area contributed by atoms with Crippen molar-refractivity contribution < 1.29 is 0 Å². The van der Waals surface area contributed by atoms with Crippen LogP contribution in [0.3, 0.4) is 0 Å². The Morgan fingerprint density at radius 3 is 0.947 bits per heavy atom. The van der Waals surface area contributed by atoms with Gasteiger partial charge in [0.05, 0.1) is 0 Å². The van der Waals surface area contributed by atoms with Gasteiger partial charge in [-0.15, -0.1) is 0 Å². The molecule has 0 N–H and O–H groups in total. The first-order chi connectivity index (χ1) is 17.4. The fraction of sp³-hybridized carbons (Fsp3) is 0.562. The van der Waals surface area contributed by atoms with Gasteiger partial charge in [0.15, 0.2) is 0 Å². The molecule has 3 rings (SSSR count). The summed E-state index contributed by atoms with van der Waals surface area (Å²) in [7, 11) is -6.05. The molecule has 2 radical (unpaired) electrons. The van der Waals surface area contributed by atoms with Crippen LogP contribution in [0, 0.1) is 0 Å². The van der Waals surface area contributed by atoms with Gasteiger partial charge in [0.25, 0.3) is 0 Å². The van der Waals surface area contributed by atoms with Crippen LogP contribution in [0.5, 0.6) is 0 Å². The predicted octanol–water partition coefficient (Wildman–Crippen LogP) is 9.13. The summed E-state index contributed by atoms with van der Waals surface area (Å²) in [4.78, 5) is 0. The molecule has 6 heteroatoms. The first-order valence-corrected chi connectivity index (χ1v) is 36.0. The van der Waals surface area contributed by atoms with Gasteiger partial charge in [-0.2, -0.15) is 0 Å². The Morgan fingerprint density at radius 2 is 0.711 bits per heavy atom. The molecule has 208 valence electrons. The quantitative estimate of drug-likeness (QED) is 0.209. The molecule has 0 aliphatic carbocycles. The average molecular weight is 698 g/mol. The number of hydrogen-bond donors (Lipinski definition) is 0. The number of hydrogen-bond acceptors (Lipinski definition) is 0. The van der Waals surface area contributed by atoms with Gasteiger partial charge in [0, 0.05) is 0 Å². The van der Waals surface area contributed by atoms with Crippen molar-refractivity contribution >= 4 is 69.8 Å². The molecular formula is C32H56Ge2Si4. The van der Waals surface area contributed by atoms with Crippen LogP contribution in [0.4, 0.5) is 0 Å². The van der Waals surface area contributed by atoms with Gasteiger partial charge >= 0.3 is 252 Å². The Morgan fingerprint density at radius 1 is 0.447 bits per heavy atom. The molecule has 0 fully saturated rings. The molecule has 0 aromatic heterocycles. The van der Waals surface area contributed by atoms with Crippen LogP contribution in [-0.4, -0.2) is 61.0 Å². The third-order valence-corrected chi connectivity index (χ3v) is 67.9. The molecule has 2 aromatic rings. The Hall–Kier alpha value is 0.133. The summed E-state index contributed by atoms with van der Waals surface area (Å²) < 4.78 is 4.78. The molecule has 1 aliphatic heterocycles. The van der Waals surface area contributed by atoms with Crippen LogP contribution >= 0.6 is 0 Å². The van der Waals surface area contributed by atoms with Crippen molar-refractivity contribution in [1.82, 2.24) is 0 Å². The molecule has 0 amide bonds. The molecule has 1 aliphatic rings. The molecule has 1 heterocycles. The third-order valence-electron chi connectivity index (χ3n) is 10.1. The van der Waals surface area contributed by atoms with E-state index in [1.807, 2.05) is 0 Å². The molecule has 0 atom stereocenters. The maximum absolute atomic E-state index is 2.77. The normalized spacial score (nSPS) is 21.2. The molecule has 0 saturated carbocycles. The van der Waals surface area contributed by atoms with Gasteiger partial charge in [0.1, 0.15) is 0 Å². The Balaban J connectivity index is 2.40. The fourth-order valence-corrected chi connectivity index (χ4v) is 72.5. The second-order valence-corrected chi connectivity index (χ2v) is 54.2. The molecule has 0 bridgehead atoms. The molecule has 0 spiro atoms. The van der Waals surface area contributed by atoms with Crippen molar-refractivity contribution in [3.8, 4) is 0 Å². The van der Waals surface area contributed by atoms with Crippen molar-refractivity contribution in [3.63, 3.8) is 0 Å². The van der Waals surface area contributed by atoms with E-state index in [1.165, 1.54) is 23.3 Å². The first-order valence-electron chi connectivity index (χ1n) is 14.9. The fourth-order valence-electron chi connectivity index (χ4n) is 9.00. The Labute approximate surface area is 249 Å². The van der Waals surface area contributed by atoms with Gasteiger partial charge in [-0.3, -0.25) is 0 Å². The van der Waals surface area contributed by atoms with E-state index in [-0.39, 0.29) is 0 Å². The first kappa shape index (κ1) is 32.6. The van der Waals surface area contributed by atoms with E-state index < -0.39 is 61.0 Å². The van der Waals surface area contributed by atoms with Gasteiger partial charge in [-0.05, 0) is 0 Å². The van der Waals surface area contributed by atoms with Crippen LogP contribution < -0.4 is 8.79 Å². The second-order valence-electron chi connectivity index (χ2n) is 15.9. The van der Waals surface area contributed by atoms with Gasteiger partial charge in [-0.25, -0.2) is 0 Å². The molecule has 0 unspecified atom stereocenters. The Kier molecular flexibility index (Phi) is 10.1. The Bertz CT molecular complexity index is 955. The summed E-state index contributed by atoms with van der Waals surface area (Å²) in [5, 5.41) is 2.76. The number of benzene rings is 2. The van der Waals surface area contributed by atoms with Crippen molar-refractivity contribution in [2.75, 3.05) is 0 Å². The summed E-state index contributed by atoms with van der Waals surface area (Å²) in [6.07, 6.45) is 8.51. The van der Waals surface area contributed by atoms with Crippen LogP contribution in [-0.2, 0) is 0 Å². The molecular weight excluding hydrogens is 642 g/mol. The van der Waals surface area contributed by atoms with E-state index in [0.29, 0.717) is 6.99 Å². The summed E-state index contributed by atoms with van der Waals surface area (Å²) in [5.74, 6) is 0. The molecule has 38 heavy (non-hydrogen) atoms. The zero-order chi connectivity index (χ0) is 28.6. The van der Waals surface area contributed by atoms with Gasteiger partial charge < -0.3 is 0 Å².